The van der Waals surface area contributed by atoms with Gasteiger partial charge in [-0.1, -0.05) is 130 Å². The van der Waals surface area contributed by atoms with Gasteiger partial charge in [-0.15, -0.1) is 0 Å². The molecule has 2 atom stereocenters. The summed E-state index contributed by atoms with van der Waals surface area (Å²) in [7, 11) is 1.91. The number of fused-ring (bicyclic) bond motifs is 2. The third-order valence-corrected chi connectivity index (χ3v) is 9.15. The summed E-state index contributed by atoms with van der Waals surface area (Å²) in [4.78, 5) is 0. The fraction of sp³-hybridized carbons (Fsp3) is 0.478. The molecule has 4 aromatic carbocycles. The maximum absolute atomic E-state index is 5.35. The van der Waals surface area contributed by atoms with Crippen LogP contribution in [0.25, 0.3) is 0 Å². The molecule has 6 heteroatoms. The van der Waals surface area contributed by atoms with Crippen molar-refractivity contribution in [2.75, 3.05) is 32.0 Å². The maximum Gasteiger partial charge on any atom is 0.0337 e. The van der Waals surface area contributed by atoms with Crippen LogP contribution in [0.5, 0.6) is 0 Å². The second-order valence-electron chi connectivity index (χ2n) is 13.7. The zero-order chi connectivity index (χ0) is 37.5. The molecule has 0 bridgehead atoms. The summed E-state index contributed by atoms with van der Waals surface area (Å²) in [5.74, 6) is 0. The van der Waals surface area contributed by atoms with Crippen molar-refractivity contribution in [1.82, 2.24) is 21.3 Å². The topological polar surface area (TPSA) is 86.2 Å². The molecule has 1 saturated heterocycles. The lowest BCUT2D eigenvalue weighted by Gasteiger charge is -2.25. The highest BCUT2D eigenvalue weighted by Gasteiger charge is 2.12. The molecule has 6 nitrogen and oxygen atoms in total. The highest BCUT2D eigenvalue weighted by molar-refractivity contribution is 5.41. The molecular weight excluding hydrogens is 637 g/mol. The molecule has 7 N–H and O–H groups in total. The number of para-hydroxylation sites is 1. The zero-order valence-electron chi connectivity index (χ0n) is 33.2. The molecule has 2 unspecified atom stereocenters. The summed E-state index contributed by atoms with van der Waals surface area (Å²) in [6.45, 7) is 16.3. The number of anilines is 1. The van der Waals surface area contributed by atoms with Crippen LogP contribution in [0.2, 0.25) is 0 Å². The lowest BCUT2D eigenvalue weighted by Crippen LogP contribution is -2.38. The lowest BCUT2D eigenvalue weighted by atomic mass is 10.0. The third kappa shape index (κ3) is 21.1. The van der Waals surface area contributed by atoms with Crippen LogP contribution in [0.15, 0.2) is 109 Å². The Bertz CT molecular complexity index is 1280. The van der Waals surface area contributed by atoms with Gasteiger partial charge in [0.15, 0.2) is 0 Å². The van der Waals surface area contributed by atoms with E-state index in [0.717, 1.165) is 44.0 Å². The van der Waals surface area contributed by atoms with Crippen molar-refractivity contribution in [3.05, 3.63) is 137 Å². The fourth-order valence-electron chi connectivity index (χ4n) is 5.98. The summed E-state index contributed by atoms with van der Waals surface area (Å²) < 4.78 is 0. The molecule has 3 aliphatic heterocycles. The number of piperidine rings is 1. The summed E-state index contributed by atoms with van der Waals surface area (Å²) in [6, 6.07) is 38.7. The van der Waals surface area contributed by atoms with E-state index in [1.165, 1.54) is 92.3 Å². The van der Waals surface area contributed by atoms with Gasteiger partial charge < -0.3 is 32.3 Å². The molecule has 4 aromatic rings. The quantitative estimate of drug-likeness (QED) is 0.102. The largest absolute Gasteiger partial charge is 0.388 e. The first-order chi connectivity index (χ1) is 25.5. The van der Waals surface area contributed by atoms with E-state index in [9.17, 15) is 0 Å². The minimum Gasteiger partial charge on any atom is -0.388 e. The molecule has 286 valence electrons. The minimum absolute atomic E-state index is 0.640. The molecule has 0 radical (unpaired) electrons. The van der Waals surface area contributed by atoms with Crippen LogP contribution in [0.3, 0.4) is 0 Å². The Labute approximate surface area is 318 Å². The fourth-order valence-corrected chi connectivity index (χ4v) is 5.98. The van der Waals surface area contributed by atoms with Crippen LogP contribution in [0, 0.1) is 0 Å². The van der Waals surface area contributed by atoms with Crippen molar-refractivity contribution < 1.29 is 0 Å². The Hall–Kier alpha value is -3.52. The van der Waals surface area contributed by atoms with Gasteiger partial charge >= 0.3 is 0 Å². The summed E-state index contributed by atoms with van der Waals surface area (Å²) >= 11 is 0. The van der Waals surface area contributed by atoms with E-state index in [0.29, 0.717) is 6.54 Å². The first-order valence-corrected chi connectivity index (χ1v) is 20.0. The highest BCUT2D eigenvalue weighted by Crippen LogP contribution is 2.14. The van der Waals surface area contributed by atoms with Gasteiger partial charge in [0.1, 0.15) is 0 Å². The predicted molar refractivity (Wildman–Crippen MR) is 228 cm³/mol. The van der Waals surface area contributed by atoms with E-state index in [-0.39, 0.29) is 0 Å². The molecule has 0 saturated carbocycles. The standard InChI is InChI=1S/C9H11N.C8H9N.C8H19N.C7H15N.2C7H9N/c1-2-4-9-7-10-6-5-8(9)3-1;1-2-4-8-6-9-5-7(8)3-1;1-3-5-7-9-8-6-4-2;1-6-4-3-5-7(2)8-6;1-8-7-5-3-2-4-6-7;8-6-7-4-2-1-3-5-7/h1-4,10H,5-7H2;1-4,9H,5-6H2;9H,3-8H2,1-2H3;6-8H,3-5H2,1-2H3;2-6,8H,1H3;1-5H,6,8H2. The zero-order valence-corrected chi connectivity index (χ0v) is 33.2. The van der Waals surface area contributed by atoms with E-state index in [2.05, 4.69) is 103 Å². The Morgan fingerprint density at radius 3 is 1.48 bits per heavy atom. The van der Waals surface area contributed by atoms with Crippen molar-refractivity contribution in [1.29, 1.82) is 0 Å². The monoisotopic (exact) mass is 709 g/mol. The van der Waals surface area contributed by atoms with Gasteiger partial charge in [-0.3, -0.25) is 0 Å². The summed E-state index contributed by atoms with van der Waals surface area (Å²) in [5, 5.41) is 16.5. The van der Waals surface area contributed by atoms with Gasteiger partial charge in [0.2, 0.25) is 0 Å². The molecule has 1 fully saturated rings. The van der Waals surface area contributed by atoms with Crippen molar-refractivity contribution in [2.24, 2.45) is 5.73 Å². The first kappa shape index (κ1) is 44.6. The van der Waals surface area contributed by atoms with E-state index in [1.807, 2.05) is 67.7 Å². The smallest absolute Gasteiger partial charge is 0.0337 e. The second kappa shape index (κ2) is 30.0. The summed E-state index contributed by atoms with van der Waals surface area (Å²) in [5.41, 5.74) is 13.6. The second-order valence-corrected chi connectivity index (χ2v) is 13.7. The van der Waals surface area contributed by atoms with Gasteiger partial charge in [-0.25, -0.2) is 0 Å². The molecule has 52 heavy (non-hydrogen) atoms. The number of rotatable bonds is 8. The molecule has 7 rings (SSSR count). The molecule has 0 amide bonds. The minimum atomic E-state index is 0.640. The van der Waals surface area contributed by atoms with Crippen LogP contribution in [0.4, 0.5) is 5.69 Å². The van der Waals surface area contributed by atoms with Crippen molar-refractivity contribution >= 4 is 5.69 Å². The van der Waals surface area contributed by atoms with Crippen molar-refractivity contribution in [2.45, 2.75) is 117 Å². The summed E-state index contributed by atoms with van der Waals surface area (Å²) in [6.07, 6.45) is 10.6. The SMILES string of the molecule is CC1CCCC(C)N1.CCCCNCCCC.CNc1ccccc1.NCc1ccccc1.c1ccc2c(c1)CCNC2.c1ccc2c(c1)CNC2. The van der Waals surface area contributed by atoms with Crippen LogP contribution in [-0.2, 0) is 32.6 Å². The van der Waals surface area contributed by atoms with Gasteiger partial charge in [0.05, 0.1) is 0 Å². The first-order valence-electron chi connectivity index (χ1n) is 20.0. The highest BCUT2D eigenvalue weighted by atomic mass is 14.9. The van der Waals surface area contributed by atoms with Gasteiger partial charge in [0.25, 0.3) is 0 Å². The average molecular weight is 709 g/mol. The van der Waals surface area contributed by atoms with Crippen molar-refractivity contribution in [3.8, 4) is 0 Å². The maximum atomic E-state index is 5.35. The van der Waals surface area contributed by atoms with E-state index < -0.39 is 0 Å². The Kier molecular flexibility index (Phi) is 25.7. The number of nitrogens with one attached hydrogen (secondary N) is 5. The Morgan fingerprint density at radius 1 is 0.615 bits per heavy atom. The number of benzene rings is 4. The van der Waals surface area contributed by atoms with Gasteiger partial charge in [0, 0.05) is 51.0 Å². The predicted octanol–water partition coefficient (Wildman–Crippen LogP) is 9.21. The molecule has 0 aromatic heterocycles. The van der Waals surface area contributed by atoms with Gasteiger partial charge in [-0.05, 0) is 106 Å². The van der Waals surface area contributed by atoms with Crippen LogP contribution in [-0.4, -0.2) is 38.8 Å². The van der Waals surface area contributed by atoms with E-state index >= 15 is 0 Å². The van der Waals surface area contributed by atoms with Crippen LogP contribution < -0.4 is 32.3 Å². The normalized spacial score (nSPS) is 16.4. The lowest BCUT2D eigenvalue weighted by molar-refractivity contribution is 0.352. The molecule has 0 spiro atoms. The Morgan fingerprint density at radius 2 is 1.08 bits per heavy atom. The Balaban J connectivity index is 0.000000217. The third-order valence-electron chi connectivity index (χ3n) is 9.15. The molecule has 0 aliphatic carbocycles. The van der Waals surface area contributed by atoms with Crippen molar-refractivity contribution in [3.63, 3.8) is 0 Å². The van der Waals surface area contributed by atoms with Gasteiger partial charge in [-0.2, -0.15) is 0 Å². The van der Waals surface area contributed by atoms with E-state index in [1.54, 1.807) is 0 Å². The molecular formula is C46H72N6. The van der Waals surface area contributed by atoms with E-state index in [4.69, 9.17) is 5.73 Å². The number of nitrogens with two attached hydrogens (primary N) is 1. The number of unbranched alkanes of at least 4 members (excludes halogenated alkanes) is 2. The van der Waals surface area contributed by atoms with Crippen LogP contribution in [0.1, 0.15) is 100 Å². The number of hydrogen-bond donors (Lipinski definition) is 6. The number of hydrogen-bond acceptors (Lipinski definition) is 6. The molecule has 3 heterocycles. The average Bonchev–Trinajstić information content (AvgIpc) is 3.69. The van der Waals surface area contributed by atoms with Crippen LogP contribution >= 0.6 is 0 Å². The molecule has 3 aliphatic rings.